The minimum Gasteiger partial charge on any atom is -0.550 e. The van der Waals surface area contributed by atoms with Crippen molar-refractivity contribution in [2.24, 2.45) is 17.6 Å². The van der Waals surface area contributed by atoms with E-state index < -0.39 is 23.7 Å². The Hall–Kier alpha value is -0.0600. The number of carbonyl (C=O) groups excluding carboxylic acids is 2. The van der Waals surface area contributed by atoms with E-state index in [1.165, 1.54) is 13.8 Å². The molecule has 0 radical (unpaired) electrons. The van der Waals surface area contributed by atoms with Gasteiger partial charge in [-0.2, -0.15) is 0 Å². The monoisotopic (exact) mass is 199 g/mol. The molecule has 0 saturated carbocycles. The second-order valence-electron chi connectivity index (χ2n) is 2.30. The number of nitrogens with two attached hydrogens (primary N) is 1. The summed E-state index contributed by atoms with van der Waals surface area (Å²) in [5, 5.41) is 10.1. The average Bonchev–Trinajstić information content (AvgIpc) is 1.84. The molecule has 0 aromatic rings. The van der Waals surface area contributed by atoms with Gasteiger partial charge in [-0.05, 0) is 0 Å². The van der Waals surface area contributed by atoms with E-state index in [2.05, 4.69) is 0 Å². The number of hydrogen-bond acceptors (Lipinski definition) is 3. The van der Waals surface area contributed by atoms with Crippen LogP contribution in [0.5, 0.6) is 0 Å². The van der Waals surface area contributed by atoms with Crippen LogP contribution in [-0.2, 0) is 9.59 Å². The molecule has 1 amide bonds. The molecule has 0 heterocycles. The van der Waals surface area contributed by atoms with Crippen molar-refractivity contribution in [1.29, 1.82) is 0 Å². The van der Waals surface area contributed by atoms with Gasteiger partial charge in [0, 0.05) is 17.8 Å². The van der Waals surface area contributed by atoms with Gasteiger partial charge in [0.15, 0.2) is 0 Å². The van der Waals surface area contributed by atoms with Crippen molar-refractivity contribution in [1.82, 2.24) is 0 Å². The van der Waals surface area contributed by atoms with E-state index in [4.69, 9.17) is 5.73 Å². The van der Waals surface area contributed by atoms with Crippen LogP contribution in [0.2, 0.25) is 0 Å². The quantitative estimate of drug-likeness (QED) is 0.485. The molecule has 0 rings (SSSR count). The molecule has 0 aliphatic carbocycles. The summed E-state index contributed by atoms with van der Waals surface area (Å²) < 4.78 is 0. The first-order valence-corrected chi connectivity index (χ1v) is 2.97. The van der Waals surface area contributed by atoms with Crippen LogP contribution in [0, 0.1) is 11.8 Å². The van der Waals surface area contributed by atoms with Gasteiger partial charge in [-0.3, -0.25) is 4.79 Å². The fraction of sp³-hybridized carbons (Fsp3) is 0.750. The van der Waals surface area contributed by atoms with Crippen LogP contribution < -0.4 is 40.4 Å². The number of rotatable bonds is 3. The van der Waals surface area contributed by atoms with Crippen molar-refractivity contribution in [3.8, 4) is 0 Å². The van der Waals surface area contributed by atoms with Crippen LogP contribution in [0.3, 0.4) is 0 Å². The molecule has 4 nitrogen and oxygen atoms in total. The molecular weight excluding hydrogens is 181 g/mol. The molecule has 0 spiro atoms. The summed E-state index contributed by atoms with van der Waals surface area (Å²) in [6.07, 6.45) is 0. The van der Waals surface area contributed by atoms with Crippen molar-refractivity contribution in [3.63, 3.8) is 0 Å². The van der Waals surface area contributed by atoms with Crippen molar-refractivity contribution in [3.05, 3.63) is 0 Å². The maximum absolute atomic E-state index is 10.4. The third-order valence-electron chi connectivity index (χ3n) is 1.57. The molecule has 0 saturated heterocycles. The molecule has 5 heteroatoms. The molecule has 0 bridgehead atoms. The minimum absolute atomic E-state index is 0. The van der Waals surface area contributed by atoms with Gasteiger partial charge in [0.2, 0.25) is 5.91 Å². The summed E-state index contributed by atoms with van der Waals surface area (Å²) in [4.78, 5) is 20.5. The topological polar surface area (TPSA) is 83.2 Å². The number of aliphatic carboxylic acids is 1. The maximum Gasteiger partial charge on any atom is 1.00 e. The number of carboxylic acid groups (broad SMARTS) is 1. The molecule has 0 fully saturated rings. The second-order valence-corrected chi connectivity index (χ2v) is 2.30. The predicted octanol–water partition coefficient (Wildman–Crippen LogP) is -3.23. The number of carbonyl (C=O) groups is 2. The van der Waals surface area contributed by atoms with Crippen LogP contribution in [-0.4, -0.2) is 11.9 Å². The largest absolute Gasteiger partial charge is 1.00 e. The van der Waals surface area contributed by atoms with E-state index >= 15 is 0 Å². The Kier molecular flexibility index (Phi) is 17.8. The van der Waals surface area contributed by atoms with Crippen molar-refractivity contribution in [2.75, 3.05) is 0 Å². The van der Waals surface area contributed by atoms with Crippen molar-refractivity contribution < 1.29 is 44.3 Å². The average molecular weight is 199 g/mol. The van der Waals surface area contributed by atoms with Crippen LogP contribution in [0.25, 0.3) is 0 Å². The molecule has 0 aliphatic heterocycles. The zero-order valence-electron chi connectivity index (χ0n) is 6.96. The molecule has 0 aromatic heterocycles. The van der Waals surface area contributed by atoms with Gasteiger partial charge in [-0.15, -0.1) is 0 Å². The van der Waals surface area contributed by atoms with Gasteiger partial charge in [0.05, 0.1) is 0 Å². The second kappa shape index (κ2) is 10.0. The molecule has 74 valence electrons. The van der Waals surface area contributed by atoms with Crippen LogP contribution >= 0.6 is 0 Å². The molecule has 2 unspecified atom stereocenters. The van der Waals surface area contributed by atoms with E-state index in [1.54, 1.807) is 0 Å². The first-order chi connectivity index (χ1) is 4.46. The Labute approximate surface area is 102 Å². The van der Waals surface area contributed by atoms with Gasteiger partial charge in [0.1, 0.15) is 0 Å². The minimum atomic E-state index is -1.24. The Balaban J connectivity index is -0.000000135. The Morgan fingerprint density at radius 2 is 1.46 bits per heavy atom. The third kappa shape index (κ3) is 8.28. The van der Waals surface area contributed by atoms with Crippen LogP contribution in [0.1, 0.15) is 28.7 Å². The normalized spacial score (nSPS) is 12.2. The number of amides is 1. The van der Waals surface area contributed by atoms with Gasteiger partial charge in [-0.25, -0.2) is 0 Å². The predicted molar refractivity (Wildman–Crippen MR) is 46.0 cm³/mol. The molecule has 2 N–H and O–H groups in total. The van der Waals surface area contributed by atoms with Gasteiger partial charge < -0.3 is 15.6 Å². The smallest absolute Gasteiger partial charge is 0.550 e. The van der Waals surface area contributed by atoms with Crippen LogP contribution in [0.4, 0.5) is 0 Å². The SMILES string of the molecule is C.C.CC(C(N)=O)C(C)C(=O)[O-].[Na+]. The maximum atomic E-state index is 10.4. The first kappa shape index (κ1) is 23.1. The van der Waals surface area contributed by atoms with Crippen LogP contribution in [0.15, 0.2) is 0 Å². The molecule has 0 aliphatic rings. The summed E-state index contributed by atoms with van der Waals surface area (Å²) in [6, 6.07) is 0. The molecular formula is C8H18NNaO3. The summed E-state index contributed by atoms with van der Waals surface area (Å²) >= 11 is 0. The standard InChI is InChI=1S/C6H11NO3.2CH4.Na/c1-3(5(7)8)4(2)6(9)10;;;/h3-4H,1-2H3,(H2,7,8)(H,9,10);2*1H4;/q;;;+1/p-1. The Morgan fingerprint density at radius 3 is 1.54 bits per heavy atom. The first-order valence-electron chi connectivity index (χ1n) is 2.97. The molecule has 0 aromatic carbocycles. The summed E-state index contributed by atoms with van der Waals surface area (Å²) in [5.41, 5.74) is 4.84. The Morgan fingerprint density at radius 1 is 1.15 bits per heavy atom. The van der Waals surface area contributed by atoms with Crippen molar-refractivity contribution in [2.45, 2.75) is 28.7 Å². The zero-order valence-corrected chi connectivity index (χ0v) is 8.96. The molecule has 2 atom stereocenters. The van der Waals surface area contributed by atoms with Crippen molar-refractivity contribution >= 4 is 11.9 Å². The fourth-order valence-corrected chi connectivity index (χ4v) is 0.451. The number of carboxylic acids is 1. The third-order valence-corrected chi connectivity index (χ3v) is 1.57. The fourth-order valence-electron chi connectivity index (χ4n) is 0.451. The summed E-state index contributed by atoms with van der Waals surface area (Å²) in [7, 11) is 0. The van der Waals surface area contributed by atoms with E-state index in [1.807, 2.05) is 0 Å². The summed E-state index contributed by atoms with van der Waals surface area (Å²) in [6.45, 7) is 2.85. The number of primary amides is 1. The molecule has 13 heavy (non-hydrogen) atoms. The zero-order chi connectivity index (χ0) is 8.31. The van der Waals surface area contributed by atoms with Gasteiger partial charge >= 0.3 is 29.6 Å². The number of hydrogen-bond donors (Lipinski definition) is 1. The van der Waals surface area contributed by atoms with E-state index in [0.717, 1.165) is 0 Å². The summed E-state index contributed by atoms with van der Waals surface area (Å²) in [5.74, 6) is -3.33. The van der Waals surface area contributed by atoms with Gasteiger partial charge in [0.25, 0.3) is 0 Å². The Bertz CT molecular complexity index is 143. The van der Waals surface area contributed by atoms with E-state index in [9.17, 15) is 14.7 Å². The van der Waals surface area contributed by atoms with E-state index in [0.29, 0.717) is 0 Å². The van der Waals surface area contributed by atoms with E-state index in [-0.39, 0.29) is 44.4 Å². The van der Waals surface area contributed by atoms with Gasteiger partial charge in [-0.1, -0.05) is 28.7 Å².